The molecule has 3 fully saturated rings. The van der Waals surface area contributed by atoms with Gasteiger partial charge in [0.2, 0.25) is 5.95 Å². The molecule has 1 aromatic heterocycles. The Morgan fingerprint density at radius 2 is 1.62 bits per heavy atom. The molecule has 1 aromatic rings. The van der Waals surface area contributed by atoms with Crippen LogP contribution < -0.4 is 4.90 Å². The maximum atomic E-state index is 13.5. The number of aromatic nitrogens is 2. The lowest BCUT2D eigenvalue weighted by molar-refractivity contribution is -0.119. The van der Waals surface area contributed by atoms with Gasteiger partial charge < -0.3 is 10.3 Å². The number of rotatable bonds is 12. The molecule has 6 heteroatoms. The van der Waals surface area contributed by atoms with Gasteiger partial charge in [0.25, 0.3) is 0 Å². The molecular formula is C33H52N4O2. The van der Waals surface area contributed by atoms with Crippen LogP contribution in [0.2, 0.25) is 0 Å². The monoisotopic (exact) mass is 536 g/mol. The summed E-state index contributed by atoms with van der Waals surface area (Å²) in [5, 5.41) is 8.80. The average molecular weight is 537 g/mol. The minimum Gasteiger partial charge on any atom is -0.330 e. The highest BCUT2D eigenvalue weighted by molar-refractivity contribution is 6.41. The largest absolute Gasteiger partial charge is 0.330 e. The first-order valence-electron chi connectivity index (χ1n) is 15.7. The lowest BCUT2D eigenvalue weighted by Gasteiger charge is -2.37. The van der Waals surface area contributed by atoms with E-state index in [0.717, 1.165) is 88.1 Å². The normalized spacial score (nSPS) is 27.0. The number of anilines is 1. The van der Waals surface area contributed by atoms with Crippen molar-refractivity contribution in [3.8, 4) is 0 Å². The summed E-state index contributed by atoms with van der Waals surface area (Å²) in [7, 11) is 0. The Hall–Kier alpha value is -2.11. The maximum absolute atomic E-state index is 13.5. The highest BCUT2D eigenvalue weighted by atomic mass is 16.1. The summed E-state index contributed by atoms with van der Waals surface area (Å²) < 4.78 is 0. The molecular weight excluding hydrogens is 484 g/mol. The predicted octanol–water partition coefficient (Wildman–Crippen LogP) is 7.44. The molecule has 2 bridgehead atoms. The van der Waals surface area contributed by atoms with E-state index in [1.54, 1.807) is 0 Å². The van der Waals surface area contributed by atoms with Crippen molar-refractivity contribution in [3.05, 3.63) is 17.5 Å². The molecule has 2 heterocycles. The summed E-state index contributed by atoms with van der Waals surface area (Å²) in [6.07, 6.45) is 14.1. The third kappa shape index (κ3) is 8.20. The molecule has 1 N–H and O–H groups in total. The van der Waals surface area contributed by atoms with Gasteiger partial charge in [0.15, 0.2) is 5.78 Å². The van der Waals surface area contributed by atoms with Crippen LogP contribution in [0.15, 0.2) is 6.07 Å². The number of fused-ring (bicyclic) bond motifs is 2. The highest BCUT2D eigenvalue weighted by Gasteiger charge is 2.43. The van der Waals surface area contributed by atoms with Crippen molar-refractivity contribution in [3.63, 3.8) is 0 Å². The van der Waals surface area contributed by atoms with E-state index in [-0.39, 0.29) is 11.8 Å². The van der Waals surface area contributed by atoms with Crippen LogP contribution in [0, 0.1) is 48.3 Å². The first kappa shape index (κ1) is 29.9. The number of carbonyl (C=O) groups is 2. The molecule has 0 amide bonds. The molecule has 5 atom stereocenters. The van der Waals surface area contributed by atoms with Gasteiger partial charge in [-0.2, -0.15) is 0 Å². The zero-order valence-corrected chi connectivity index (χ0v) is 25.2. The smallest absolute Gasteiger partial charge is 0.226 e. The molecule has 2 saturated carbocycles. The van der Waals surface area contributed by atoms with Crippen LogP contribution in [-0.4, -0.2) is 39.8 Å². The lowest BCUT2D eigenvalue weighted by atomic mass is 9.70. The van der Waals surface area contributed by atoms with Crippen LogP contribution in [-0.2, 0) is 9.59 Å². The predicted molar refractivity (Wildman–Crippen MR) is 158 cm³/mol. The molecule has 216 valence electrons. The molecule has 39 heavy (non-hydrogen) atoms. The molecule has 0 spiro atoms. The van der Waals surface area contributed by atoms with Crippen molar-refractivity contribution in [2.45, 2.75) is 131 Å². The second-order valence-corrected chi connectivity index (χ2v) is 14.1. The van der Waals surface area contributed by atoms with Crippen LogP contribution in [0.1, 0.15) is 122 Å². The Morgan fingerprint density at radius 3 is 2.26 bits per heavy atom. The van der Waals surface area contributed by atoms with E-state index < -0.39 is 0 Å². The minimum absolute atomic E-state index is 0.0168. The van der Waals surface area contributed by atoms with Gasteiger partial charge in [-0.1, -0.05) is 20.8 Å². The molecule has 4 unspecified atom stereocenters. The summed E-state index contributed by atoms with van der Waals surface area (Å²) >= 11 is 0. The molecule has 0 radical (unpaired) electrons. The topological polar surface area (TPSA) is 87.0 Å². The molecule has 1 aliphatic heterocycles. The fourth-order valence-electron chi connectivity index (χ4n) is 7.76. The highest BCUT2D eigenvalue weighted by Crippen LogP contribution is 2.51. The zero-order valence-electron chi connectivity index (χ0n) is 25.2. The van der Waals surface area contributed by atoms with Crippen LogP contribution in [0.5, 0.6) is 0 Å². The number of carbonyl (C=O) groups excluding carboxylic acids is 2. The molecule has 1 saturated heterocycles. The summed E-state index contributed by atoms with van der Waals surface area (Å²) in [5.74, 6) is 3.68. The second kappa shape index (κ2) is 13.0. The molecule has 4 rings (SSSR count). The van der Waals surface area contributed by atoms with Gasteiger partial charge in [0, 0.05) is 30.8 Å². The van der Waals surface area contributed by atoms with Crippen LogP contribution in [0.4, 0.5) is 5.95 Å². The number of aryl methyl sites for hydroxylation is 2. The van der Waals surface area contributed by atoms with Crippen molar-refractivity contribution >= 4 is 23.2 Å². The quantitative estimate of drug-likeness (QED) is 0.281. The second-order valence-electron chi connectivity index (χ2n) is 14.1. The summed E-state index contributed by atoms with van der Waals surface area (Å²) in [6.45, 7) is 11.4. The van der Waals surface area contributed by atoms with Gasteiger partial charge in [-0.3, -0.25) is 9.59 Å². The number of hydrogen-bond donors (Lipinski definition) is 1. The van der Waals surface area contributed by atoms with Gasteiger partial charge in [-0.15, -0.1) is 0 Å². The van der Waals surface area contributed by atoms with Gasteiger partial charge in [0.05, 0.1) is 11.8 Å². The van der Waals surface area contributed by atoms with Crippen molar-refractivity contribution in [2.75, 3.05) is 11.4 Å². The van der Waals surface area contributed by atoms with Crippen molar-refractivity contribution < 1.29 is 9.59 Å². The number of nitrogens with one attached hydrogen (secondary N) is 1. The summed E-state index contributed by atoms with van der Waals surface area (Å²) in [6, 6.07) is 1.66. The van der Waals surface area contributed by atoms with Crippen LogP contribution in [0.25, 0.3) is 0 Å². The van der Waals surface area contributed by atoms with E-state index in [9.17, 15) is 9.59 Å². The SMILES string of the molecule is Cc1cc(C)nc(N2CCCCC2C(=O)C(=N)CC2CC3CC[C@H](C2)C3CCCC(=O)CCCC(C)(C)C)n1. The first-order chi connectivity index (χ1) is 18.5. The van der Waals surface area contributed by atoms with Crippen molar-refractivity contribution in [1.82, 2.24) is 9.97 Å². The number of ketones is 2. The van der Waals surface area contributed by atoms with E-state index in [0.29, 0.717) is 47.0 Å². The number of nitrogens with zero attached hydrogens (tertiary/aromatic N) is 3. The molecule has 3 aliphatic rings. The van der Waals surface area contributed by atoms with Gasteiger partial charge >= 0.3 is 0 Å². The standard InChI is InChI=1S/C33H52N4O2/c1-22-18-23(2)36-32(35-22)37-17-7-6-13-30(37)31(39)29(34)21-24-19-25-14-15-26(20-24)28(25)12-8-10-27(38)11-9-16-33(3,4)5/h18,24-26,28,30,34H,6-17,19-21H2,1-5H3/t24?,25-,26?,28?,30?/m1/s1. The molecule has 6 nitrogen and oxygen atoms in total. The number of hydrogen-bond acceptors (Lipinski definition) is 6. The van der Waals surface area contributed by atoms with Crippen LogP contribution >= 0.6 is 0 Å². The number of piperidine rings is 1. The molecule has 2 aliphatic carbocycles. The minimum atomic E-state index is -0.304. The van der Waals surface area contributed by atoms with Crippen molar-refractivity contribution in [1.29, 1.82) is 5.41 Å². The third-order valence-corrected chi connectivity index (χ3v) is 9.59. The van der Waals surface area contributed by atoms with E-state index in [2.05, 4.69) is 35.6 Å². The zero-order chi connectivity index (χ0) is 28.2. The summed E-state index contributed by atoms with van der Waals surface area (Å²) in [4.78, 5) is 37.3. The maximum Gasteiger partial charge on any atom is 0.226 e. The Balaban J connectivity index is 1.25. The Labute approximate surface area is 236 Å². The Kier molecular flexibility index (Phi) is 9.98. The fourth-order valence-corrected chi connectivity index (χ4v) is 7.76. The van der Waals surface area contributed by atoms with Gasteiger partial charge in [-0.05, 0) is 126 Å². The lowest BCUT2D eigenvalue weighted by Crippen LogP contribution is -2.48. The number of Topliss-reactive ketones (excluding diaryl/α,β-unsaturated/α-hetero) is 2. The van der Waals surface area contributed by atoms with E-state index in [1.165, 1.54) is 19.3 Å². The van der Waals surface area contributed by atoms with E-state index >= 15 is 0 Å². The average Bonchev–Trinajstić information content (AvgIpc) is 3.09. The van der Waals surface area contributed by atoms with Gasteiger partial charge in [-0.25, -0.2) is 9.97 Å². The fraction of sp³-hybridized carbons (Fsp3) is 0.788. The van der Waals surface area contributed by atoms with E-state index in [4.69, 9.17) is 5.41 Å². The summed E-state index contributed by atoms with van der Waals surface area (Å²) in [5.41, 5.74) is 2.45. The first-order valence-corrected chi connectivity index (χ1v) is 15.7. The third-order valence-electron chi connectivity index (χ3n) is 9.59. The van der Waals surface area contributed by atoms with E-state index in [1.807, 2.05) is 19.9 Å². The van der Waals surface area contributed by atoms with Gasteiger partial charge in [0.1, 0.15) is 5.78 Å². The molecule has 0 aromatic carbocycles. The van der Waals surface area contributed by atoms with Crippen LogP contribution in [0.3, 0.4) is 0 Å². The Morgan fingerprint density at radius 1 is 0.974 bits per heavy atom. The van der Waals surface area contributed by atoms with Crippen molar-refractivity contribution in [2.24, 2.45) is 29.1 Å². The Bertz CT molecular complexity index is 995.